The van der Waals surface area contributed by atoms with Crippen molar-refractivity contribution in [1.29, 1.82) is 0 Å². The molecule has 1 aliphatic heterocycles. The summed E-state index contributed by atoms with van der Waals surface area (Å²) >= 11 is 5.33. The maximum absolute atomic E-state index is 6.03. The minimum absolute atomic E-state index is 0.345. The van der Waals surface area contributed by atoms with E-state index in [9.17, 15) is 0 Å². The van der Waals surface area contributed by atoms with Gasteiger partial charge in [-0.2, -0.15) is 0 Å². The number of imidazole rings is 1. The molecule has 5 heteroatoms. The van der Waals surface area contributed by atoms with Crippen molar-refractivity contribution in [2.24, 2.45) is 0 Å². The number of benzene rings is 2. The zero-order valence-corrected chi connectivity index (χ0v) is 13.0. The number of nitrogens with two attached hydrogens (primary N) is 1. The Bertz CT molecular complexity index is 787. The van der Waals surface area contributed by atoms with Crippen LogP contribution in [0.15, 0.2) is 45.8 Å². The van der Waals surface area contributed by atoms with Gasteiger partial charge in [-0.3, -0.25) is 0 Å². The van der Waals surface area contributed by atoms with E-state index in [2.05, 4.69) is 45.2 Å². The number of halogens is 1. The molecule has 1 aliphatic rings. The molecule has 0 fully saturated rings. The Morgan fingerprint density at radius 3 is 3.00 bits per heavy atom. The number of rotatable bonds is 1. The number of nitrogen functional groups attached to an aromatic ring is 1. The molecule has 1 unspecified atom stereocenters. The molecule has 0 radical (unpaired) electrons. The van der Waals surface area contributed by atoms with Crippen molar-refractivity contribution in [3.05, 3.63) is 52.3 Å². The lowest BCUT2D eigenvalue weighted by Crippen LogP contribution is -1.94. The number of aromatic amines is 1. The Labute approximate surface area is 129 Å². The van der Waals surface area contributed by atoms with Crippen molar-refractivity contribution < 1.29 is 0 Å². The number of anilines is 1. The first-order valence-electron chi connectivity index (χ1n) is 6.40. The second-order valence-corrected chi connectivity index (χ2v) is 7.09. The zero-order chi connectivity index (χ0) is 13.7. The number of hydrogen-bond acceptors (Lipinski definition) is 3. The Morgan fingerprint density at radius 2 is 2.15 bits per heavy atom. The molecule has 1 atom stereocenters. The van der Waals surface area contributed by atoms with E-state index in [-0.39, 0.29) is 0 Å². The normalized spacial score (nSPS) is 17.6. The number of fused-ring (bicyclic) bond motifs is 2. The van der Waals surface area contributed by atoms with Crippen LogP contribution < -0.4 is 5.73 Å². The summed E-state index contributed by atoms with van der Waals surface area (Å²) in [6.07, 6.45) is 1.02. The molecule has 0 aliphatic carbocycles. The summed E-state index contributed by atoms with van der Waals surface area (Å²) in [5.41, 5.74) is 9.99. The van der Waals surface area contributed by atoms with Gasteiger partial charge in [0.2, 0.25) is 0 Å². The van der Waals surface area contributed by atoms with Gasteiger partial charge in [-0.05, 0) is 30.2 Å². The monoisotopic (exact) mass is 345 g/mol. The minimum Gasteiger partial charge on any atom is -0.397 e. The van der Waals surface area contributed by atoms with Gasteiger partial charge in [-0.1, -0.05) is 34.1 Å². The van der Waals surface area contributed by atoms with Crippen LogP contribution in [0.1, 0.15) is 16.6 Å². The standard InChI is InChI=1S/C15H12BrN3S/c16-9-6-10(17)14-11(7-9)18-15(19-14)13-5-8-3-1-2-4-12(8)20-13/h1-4,6-7,13H,5,17H2,(H,18,19). The molecule has 100 valence electrons. The van der Waals surface area contributed by atoms with Crippen molar-refractivity contribution in [2.45, 2.75) is 16.6 Å². The highest BCUT2D eigenvalue weighted by Gasteiger charge is 2.26. The third-order valence-corrected chi connectivity index (χ3v) is 5.34. The Balaban J connectivity index is 1.76. The van der Waals surface area contributed by atoms with E-state index >= 15 is 0 Å². The van der Waals surface area contributed by atoms with Gasteiger partial charge in [0.1, 0.15) is 11.3 Å². The summed E-state index contributed by atoms with van der Waals surface area (Å²) in [6.45, 7) is 0. The minimum atomic E-state index is 0.345. The summed E-state index contributed by atoms with van der Waals surface area (Å²) in [4.78, 5) is 9.46. The molecule has 2 heterocycles. The molecule has 1 aromatic heterocycles. The maximum atomic E-state index is 6.03. The predicted octanol–water partition coefficient (Wildman–Crippen LogP) is 4.30. The lowest BCUT2D eigenvalue weighted by Gasteiger charge is -2.02. The number of hydrogen-bond donors (Lipinski definition) is 2. The molecular formula is C15H12BrN3S. The molecule has 0 saturated heterocycles. The van der Waals surface area contributed by atoms with Gasteiger partial charge in [0.05, 0.1) is 16.5 Å². The highest BCUT2D eigenvalue weighted by Crippen LogP contribution is 2.45. The smallest absolute Gasteiger partial charge is 0.121 e. The molecule has 3 aromatic rings. The van der Waals surface area contributed by atoms with Crippen LogP contribution in [0.3, 0.4) is 0 Å². The van der Waals surface area contributed by atoms with Gasteiger partial charge in [-0.15, -0.1) is 11.8 Å². The third kappa shape index (κ3) is 1.93. The number of aromatic nitrogens is 2. The molecule has 4 rings (SSSR count). The van der Waals surface area contributed by atoms with Gasteiger partial charge >= 0.3 is 0 Å². The van der Waals surface area contributed by atoms with E-state index < -0.39 is 0 Å². The summed E-state index contributed by atoms with van der Waals surface area (Å²) in [6, 6.07) is 12.5. The van der Waals surface area contributed by atoms with Crippen molar-refractivity contribution in [3.8, 4) is 0 Å². The number of H-pyrrole nitrogens is 1. The molecule has 0 spiro atoms. The zero-order valence-electron chi connectivity index (χ0n) is 10.6. The first kappa shape index (κ1) is 12.3. The first-order chi connectivity index (χ1) is 9.70. The van der Waals surface area contributed by atoms with Crippen LogP contribution >= 0.6 is 27.7 Å². The van der Waals surface area contributed by atoms with E-state index in [0.717, 1.165) is 27.8 Å². The molecule has 20 heavy (non-hydrogen) atoms. The highest BCUT2D eigenvalue weighted by molar-refractivity contribution is 9.10. The summed E-state index contributed by atoms with van der Waals surface area (Å²) in [7, 11) is 0. The Hall–Kier alpha value is -1.46. The average molecular weight is 346 g/mol. The van der Waals surface area contributed by atoms with Crippen LogP contribution in [0.2, 0.25) is 0 Å². The number of nitrogens with zero attached hydrogens (tertiary/aromatic N) is 1. The molecule has 2 aromatic carbocycles. The quantitative estimate of drug-likeness (QED) is 0.646. The van der Waals surface area contributed by atoms with Crippen LogP contribution in [0.25, 0.3) is 11.0 Å². The van der Waals surface area contributed by atoms with E-state index in [4.69, 9.17) is 10.7 Å². The van der Waals surface area contributed by atoms with Crippen LogP contribution in [0.4, 0.5) is 5.69 Å². The van der Waals surface area contributed by atoms with Gasteiger partial charge in [0, 0.05) is 9.37 Å². The van der Waals surface area contributed by atoms with Gasteiger partial charge in [0.15, 0.2) is 0 Å². The van der Waals surface area contributed by atoms with E-state index in [0.29, 0.717) is 10.9 Å². The summed E-state index contributed by atoms with van der Waals surface area (Å²) in [5, 5.41) is 0.345. The fourth-order valence-corrected chi connectivity index (χ4v) is 4.34. The van der Waals surface area contributed by atoms with Crippen molar-refractivity contribution in [2.75, 3.05) is 5.73 Å². The van der Waals surface area contributed by atoms with Crippen LogP contribution in [-0.2, 0) is 6.42 Å². The van der Waals surface area contributed by atoms with Gasteiger partial charge < -0.3 is 10.7 Å². The lowest BCUT2D eigenvalue weighted by molar-refractivity contribution is 0.881. The molecule has 0 amide bonds. The number of nitrogens with one attached hydrogen (secondary N) is 1. The summed E-state index contributed by atoms with van der Waals surface area (Å²) < 4.78 is 0.972. The third-order valence-electron chi connectivity index (χ3n) is 3.55. The van der Waals surface area contributed by atoms with E-state index in [1.165, 1.54) is 10.5 Å². The lowest BCUT2D eigenvalue weighted by atomic mass is 10.1. The summed E-state index contributed by atoms with van der Waals surface area (Å²) in [5.74, 6) is 1.01. The molecule has 3 nitrogen and oxygen atoms in total. The molecule has 0 saturated carbocycles. The fourth-order valence-electron chi connectivity index (χ4n) is 2.61. The fraction of sp³-hybridized carbons (Fsp3) is 0.133. The largest absolute Gasteiger partial charge is 0.397 e. The SMILES string of the molecule is Nc1cc(Br)cc2[nH]c(C3Cc4ccccc4S3)nc12. The molecule has 0 bridgehead atoms. The van der Waals surface area contributed by atoms with Crippen molar-refractivity contribution in [1.82, 2.24) is 9.97 Å². The Morgan fingerprint density at radius 1 is 1.30 bits per heavy atom. The molecular weight excluding hydrogens is 334 g/mol. The van der Waals surface area contributed by atoms with Crippen molar-refractivity contribution >= 4 is 44.4 Å². The first-order valence-corrected chi connectivity index (χ1v) is 8.07. The second-order valence-electron chi connectivity index (χ2n) is 4.93. The highest BCUT2D eigenvalue weighted by atomic mass is 79.9. The number of thioether (sulfide) groups is 1. The van der Waals surface area contributed by atoms with Crippen LogP contribution in [0, 0.1) is 0 Å². The predicted molar refractivity (Wildman–Crippen MR) is 87.0 cm³/mol. The average Bonchev–Trinajstić information content (AvgIpc) is 3.01. The second kappa shape index (κ2) is 4.53. The Kier molecular flexibility index (Phi) is 2.79. The maximum Gasteiger partial charge on any atom is 0.121 e. The van der Waals surface area contributed by atoms with Gasteiger partial charge in [0.25, 0.3) is 0 Å². The van der Waals surface area contributed by atoms with E-state index in [1.54, 1.807) is 0 Å². The van der Waals surface area contributed by atoms with Crippen LogP contribution in [-0.4, -0.2) is 9.97 Å². The van der Waals surface area contributed by atoms with Crippen molar-refractivity contribution in [3.63, 3.8) is 0 Å². The van der Waals surface area contributed by atoms with Gasteiger partial charge in [-0.25, -0.2) is 4.98 Å². The van der Waals surface area contributed by atoms with E-state index in [1.807, 2.05) is 23.9 Å². The topological polar surface area (TPSA) is 54.7 Å². The van der Waals surface area contributed by atoms with Crippen LogP contribution in [0.5, 0.6) is 0 Å². The molecule has 3 N–H and O–H groups in total.